The van der Waals surface area contributed by atoms with Gasteiger partial charge in [-0.25, -0.2) is 0 Å². The van der Waals surface area contributed by atoms with Crippen LogP contribution in [0.5, 0.6) is 0 Å². The van der Waals surface area contributed by atoms with Gasteiger partial charge in [0.15, 0.2) is 0 Å². The number of nitrogens with one attached hydrogen (secondary N) is 2. The van der Waals surface area contributed by atoms with Crippen molar-refractivity contribution in [3.63, 3.8) is 0 Å². The molecule has 0 spiro atoms. The predicted octanol–water partition coefficient (Wildman–Crippen LogP) is 1.60. The molecule has 0 aliphatic heterocycles. The van der Waals surface area contributed by atoms with Gasteiger partial charge in [0.25, 0.3) is 0 Å². The lowest BCUT2D eigenvalue weighted by atomic mass is 10.1. The van der Waals surface area contributed by atoms with Crippen LogP contribution in [0.1, 0.15) is 53.4 Å². The largest absolute Gasteiger partial charge is 0.354 e. The van der Waals surface area contributed by atoms with Crippen molar-refractivity contribution in [2.24, 2.45) is 0 Å². The lowest BCUT2D eigenvalue weighted by Gasteiger charge is -2.17. The molecule has 0 saturated carbocycles. The molecule has 94 valence electrons. The van der Waals surface area contributed by atoms with Crippen molar-refractivity contribution in [3.8, 4) is 0 Å². The molecule has 0 fully saturated rings. The van der Waals surface area contributed by atoms with E-state index in [1.54, 1.807) is 0 Å². The molecular formula is C12H24N2O2. The minimum Gasteiger partial charge on any atom is -0.354 e. The standard InChI is InChI=1S/C12H24N2O2/c1-5-11(15)13-9(3)7-8-10(4)14-12(16)6-2/h9-10H,5-8H2,1-4H3,(H,13,15)(H,14,16)/t9-,10-/m1/s1. The van der Waals surface area contributed by atoms with E-state index in [4.69, 9.17) is 0 Å². The van der Waals surface area contributed by atoms with Crippen LogP contribution in [0.4, 0.5) is 0 Å². The van der Waals surface area contributed by atoms with Crippen molar-refractivity contribution in [2.75, 3.05) is 0 Å². The van der Waals surface area contributed by atoms with Crippen LogP contribution in [0.3, 0.4) is 0 Å². The molecule has 0 radical (unpaired) electrons. The Morgan fingerprint density at radius 1 is 0.875 bits per heavy atom. The highest BCUT2D eigenvalue weighted by Gasteiger charge is 2.09. The Labute approximate surface area is 98.2 Å². The zero-order valence-corrected chi connectivity index (χ0v) is 10.8. The van der Waals surface area contributed by atoms with E-state index < -0.39 is 0 Å². The third-order valence-corrected chi connectivity index (χ3v) is 2.49. The van der Waals surface area contributed by atoms with E-state index in [0.717, 1.165) is 12.8 Å². The maximum atomic E-state index is 11.1. The van der Waals surface area contributed by atoms with Gasteiger partial charge in [-0.1, -0.05) is 13.8 Å². The molecule has 0 saturated heterocycles. The molecule has 2 amide bonds. The Balaban J connectivity index is 3.70. The number of amides is 2. The summed E-state index contributed by atoms with van der Waals surface area (Å²) in [4.78, 5) is 22.2. The average Bonchev–Trinajstić information content (AvgIpc) is 2.26. The van der Waals surface area contributed by atoms with Crippen molar-refractivity contribution in [1.29, 1.82) is 0 Å². The van der Waals surface area contributed by atoms with Gasteiger partial charge >= 0.3 is 0 Å². The van der Waals surface area contributed by atoms with Crippen LogP contribution in [0.2, 0.25) is 0 Å². The molecule has 4 heteroatoms. The zero-order valence-electron chi connectivity index (χ0n) is 10.8. The Morgan fingerprint density at radius 2 is 1.19 bits per heavy atom. The van der Waals surface area contributed by atoms with E-state index in [1.807, 2.05) is 27.7 Å². The number of hydrogen-bond donors (Lipinski definition) is 2. The summed E-state index contributed by atoms with van der Waals surface area (Å²) in [7, 11) is 0. The predicted molar refractivity (Wildman–Crippen MR) is 65.0 cm³/mol. The van der Waals surface area contributed by atoms with E-state index in [9.17, 15) is 9.59 Å². The molecule has 0 heterocycles. The molecule has 16 heavy (non-hydrogen) atoms. The monoisotopic (exact) mass is 228 g/mol. The highest BCUT2D eigenvalue weighted by molar-refractivity contribution is 5.76. The summed E-state index contributed by atoms with van der Waals surface area (Å²) in [6.07, 6.45) is 2.81. The van der Waals surface area contributed by atoms with Gasteiger partial charge in [0.1, 0.15) is 0 Å². The van der Waals surface area contributed by atoms with Gasteiger partial charge in [-0.3, -0.25) is 9.59 Å². The molecule has 0 aliphatic carbocycles. The summed E-state index contributed by atoms with van der Waals surface area (Å²) in [5, 5.41) is 5.80. The Morgan fingerprint density at radius 3 is 1.44 bits per heavy atom. The number of rotatable bonds is 7. The van der Waals surface area contributed by atoms with Crippen LogP contribution in [-0.4, -0.2) is 23.9 Å². The van der Waals surface area contributed by atoms with E-state index in [2.05, 4.69) is 10.6 Å². The highest BCUT2D eigenvalue weighted by atomic mass is 16.2. The van der Waals surface area contributed by atoms with E-state index in [-0.39, 0.29) is 23.9 Å². The van der Waals surface area contributed by atoms with Crippen molar-refractivity contribution in [3.05, 3.63) is 0 Å². The van der Waals surface area contributed by atoms with Crippen molar-refractivity contribution < 1.29 is 9.59 Å². The molecule has 2 atom stereocenters. The number of carbonyl (C=O) groups excluding carboxylic acids is 2. The molecule has 0 unspecified atom stereocenters. The minimum absolute atomic E-state index is 0.0812. The Kier molecular flexibility index (Phi) is 7.60. The fourth-order valence-corrected chi connectivity index (χ4v) is 1.40. The second kappa shape index (κ2) is 8.13. The van der Waals surface area contributed by atoms with Crippen molar-refractivity contribution in [1.82, 2.24) is 10.6 Å². The van der Waals surface area contributed by atoms with Gasteiger partial charge in [0, 0.05) is 24.9 Å². The quantitative estimate of drug-likeness (QED) is 0.695. The smallest absolute Gasteiger partial charge is 0.219 e. The maximum Gasteiger partial charge on any atom is 0.219 e. The van der Waals surface area contributed by atoms with Crippen molar-refractivity contribution >= 4 is 11.8 Å². The van der Waals surface area contributed by atoms with Gasteiger partial charge in [-0.05, 0) is 26.7 Å². The summed E-state index contributed by atoms with van der Waals surface area (Å²) in [5.74, 6) is 0.162. The first-order valence-electron chi connectivity index (χ1n) is 6.08. The fraction of sp³-hybridized carbons (Fsp3) is 0.833. The van der Waals surface area contributed by atoms with E-state index in [0.29, 0.717) is 12.8 Å². The number of carbonyl (C=O) groups is 2. The average molecular weight is 228 g/mol. The molecule has 0 bridgehead atoms. The molecule has 0 aromatic heterocycles. The van der Waals surface area contributed by atoms with Gasteiger partial charge < -0.3 is 10.6 Å². The van der Waals surface area contributed by atoms with Gasteiger partial charge in [-0.2, -0.15) is 0 Å². The van der Waals surface area contributed by atoms with Crippen LogP contribution in [0.25, 0.3) is 0 Å². The van der Waals surface area contributed by atoms with Crippen LogP contribution < -0.4 is 10.6 Å². The first-order valence-corrected chi connectivity index (χ1v) is 6.08. The molecule has 0 rings (SSSR count). The van der Waals surface area contributed by atoms with E-state index in [1.165, 1.54) is 0 Å². The third kappa shape index (κ3) is 7.26. The third-order valence-electron chi connectivity index (χ3n) is 2.49. The summed E-state index contributed by atoms with van der Waals surface area (Å²) >= 11 is 0. The molecule has 0 aromatic rings. The summed E-state index contributed by atoms with van der Waals surface area (Å²) in [6, 6.07) is 0.349. The van der Waals surface area contributed by atoms with Gasteiger partial charge in [0.2, 0.25) is 11.8 Å². The summed E-state index contributed by atoms with van der Waals surface area (Å²) < 4.78 is 0. The highest BCUT2D eigenvalue weighted by Crippen LogP contribution is 2.01. The van der Waals surface area contributed by atoms with Crippen LogP contribution in [-0.2, 0) is 9.59 Å². The summed E-state index contributed by atoms with van der Waals surface area (Å²) in [5.41, 5.74) is 0. The van der Waals surface area contributed by atoms with Gasteiger partial charge in [-0.15, -0.1) is 0 Å². The zero-order chi connectivity index (χ0) is 12.6. The number of hydrogen-bond acceptors (Lipinski definition) is 2. The minimum atomic E-state index is 0.0812. The molecule has 0 aliphatic rings. The lowest BCUT2D eigenvalue weighted by Crippen LogP contribution is -2.36. The maximum absolute atomic E-state index is 11.1. The topological polar surface area (TPSA) is 58.2 Å². The summed E-state index contributed by atoms with van der Waals surface area (Å²) in [6.45, 7) is 7.65. The second-order valence-corrected chi connectivity index (χ2v) is 4.22. The normalized spacial score (nSPS) is 14.0. The van der Waals surface area contributed by atoms with E-state index >= 15 is 0 Å². The Hall–Kier alpha value is -1.06. The Bertz CT molecular complexity index is 205. The van der Waals surface area contributed by atoms with Crippen LogP contribution >= 0.6 is 0 Å². The molecule has 2 N–H and O–H groups in total. The SMILES string of the molecule is CCC(=O)N[C@H](C)CC[C@@H](C)NC(=O)CC. The van der Waals surface area contributed by atoms with Crippen LogP contribution in [0.15, 0.2) is 0 Å². The first kappa shape index (κ1) is 14.9. The molecule has 0 aromatic carbocycles. The first-order chi connectivity index (χ1) is 7.49. The lowest BCUT2D eigenvalue weighted by molar-refractivity contribution is -0.122. The molecule has 4 nitrogen and oxygen atoms in total. The van der Waals surface area contributed by atoms with Crippen LogP contribution in [0, 0.1) is 0 Å². The molecular weight excluding hydrogens is 204 g/mol. The van der Waals surface area contributed by atoms with Crippen molar-refractivity contribution in [2.45, 2.75) is 65.5 Å². The fourth-order valence-electron chi connectivity index (χ4n) is 1.40. The second-order valence-electron chi connectivity index (χ2n) is 4.22. The van der Waals surface area contributed by atoms with Gasteiger partial charge in [0.05, 0.1) is 0 Å².